The van der Waals surface area contributed by atoms with Crippen molar-refractivity contribution in [3.63, 3.8) is 0 Å². The van der Waals surface area contributed by atoms with Crippen molar-refractivity contribution in [2.75, 3.05) is 32.7 Å². The predicted molar refractivity (Wildman–Crippen MR) is 124 cm³/mol. The fraction of sp³-hybridized carbons (Fsp3) is 0.417. The smallest absolute Gasteiger partial charge is 0.317 e. The first-order valence-corrected chi connectivity index (χ1v) is 11.2. The maximum absolute atomic E-state index is 12.8. The first kappa shape index (κ1) is 22.3. The Balaban J connectivity index is 1.55. The molecule has 1 aliphatic rings. The van der Waals surface area contributed by atoms with Gasteiger partial charge in [0.1, 0.15) is 0 Å². The third kappa shape index (κ3) is 5.63. The van der Waals surface area contributed by atoms with Crippen molar-refractivity contribution in [3.8, 4) is 0 Å². The summed E-state index contributed by atoms with van der Waals surface area (Å²) in [5.41, 5.74) is 2.79. The van der Waals surface area contributed by atoms with Crippen LogP contribution in [0.4, 0.5) is 4.79 Å². The Morgan fingerprint density at radius 1 is 1.00 bits per heavy atom. The minimum Gasteiger partial charge on any atom is -0.337 e. The fourth-order valence-electron chi connectivity index (χ4n) is 3.70. The first-order valence-electron chi connectivity index (χ1n) is 10.4. The second kappa shape index (κ2) is 9.65. The van der Waals surface area contributed by atoms with E-state index in [0.29, 0.717) is 38.3 Å². The number of rotatable bonds is 4. The molecule has 3 amide bonds. The number of hydrogen-bond acceptors (Lipinski definition) is 2. The number of hydrogen-bond donors (Lipinski definition) is 1. The molecular formula is C24H30BrN3O2. The summed E-state index contributed by atoms with van der Waals surface area (Å²) >= 11 is 3.46. The molecule has 0 saturated carbocycles. The van der Waals surface area contributed by atoms with Crippen molar-refractivity contribution in [3.05, 3.63) is 69.7 Å². The standard InChI is InChI=1S/C24H30BrN3O2/c1-18-6-4-7-19(16-18)22(29)27-12-5-13-28(15-14-27)23(30)26-17-24(2,3)20-8-10-21(25)11-9-20/h4,6-11,16H,5,12-15,17H2,1-3H3,(H,26,30). The molecule has 30 heavy (non-hydrogen) atoms. The Kier molecular flexibility index (Phi) is 7.19. The number of carbonyl (C=O) groups excluding carboxylic acids is 2. The van der Waals surface area contributed by atoms with Crippen LogP contribution in [0, 0.1) is 6.92 Å². The second-order valence-corrected chi connectivity index (χ2v) is 9.47. The van der Waals surface area contributed by atoms with E-state index in [2.05, 4.69) is 47.2 Å². The lowest BCUT2D eigenvalue weighted by molar-refractivity contribution is 0.0762. The average molecular weight is 472 g/mol. The summed E-state index contributed by atoms with van der Waals surface area (Å²) < 4.78 is 1.04. The quantitative estimate of drug-likeness (QED) is 0.708. The summed E-state index contributed by atoms with van der Waals surface area (Å²) in [7, 11) is 0. The molecule has 1 N–H and O–H groups in total. The highest BCUT2D eigenvalue weighted by Gasteiger charge is 2.25. The lowest BCUT2D eigenvalue weighted by Crippen LogP contribution is -2.46. The monoisotopic (exact) mass is 471 g/mol. The van der Waals surface area contributed by atoms with E-state index in [1.165, 1.54) is 5.56 Å². The molecule has 2 aromatic rings. The SMILES string of the molecule is Cc1cccc(C(=O)N2CCCN(C(=O)NCC(C)(C)c3ccc(Br)cc3)CC2)c1. The van der Waals surface area contributed by atoms with Crippen LogP contribution >= 0.6 is 15.9 Å². The Hall–Kier alpha value is -2.34. The number of aryl methyl sites for hydroxylation is 1. The Morgan fingerprint density at radius 2 is 1.67 bits per heavy atom. The van der Waals surface area contributed by atoms with E-state index in [0.717, 1.165) is 16.5 Å². The zero-order chi connectivity index (χ0) is 21.7. The molecule has 2 aromatic carbocycles. The minimum atomic E-state index is -0.171. The van der Waals surface area contributed by atoms with Crippen LogP contribution in [0.2, 0.25) is 0 Å². The lowest BCUT2D eigenvalue weighted by Gasteiger charge is -2.28. The minimum absolute atomic E-state index is 0.0392. The maximum Gasteiger partial charge on any atom is 0.317 e. The van der Waals surface area contributed by atoms with Crippen LogP contribution < -0.4 is 5.32 Å². The van der Waals surface area contributed by atoms with Crippen molar-refractivity contribution in [2.24, 2.45) is 0 Å². The third-order valence-electron chi connectivity index (χ3n) is 5.64. The van der Waals surface area contributed by atoms with Crippen LogP contribution in [0.25, 0.3) is 0 Å². The summed E-state index contributed by atoms with van der Waals surface area (Å²) in [6, 6.07) is 15.8. The van der Waals surface area contributed by atoms with Crippen LogP contribution in [0.5, 0.6) is 0 Å². The van der Waals surface area contributed by atoms with E-state index in [4.69, 9.17) is 0 Å². The van der Waals surface area contributed by atoms with Gasteiger partial charge in [0.2, 0.25) is 0 Å². The van der Waals surface area contributed by atoms with Gasteiger partial charge in [-0.05, 0) is 43.2 Å². The van der Waals surface area contributed by atoms with Gasteiger partial charge >= 0.3 is 6.03 Å². The van der Waals surface area contributed by atoms with Crippen LogP contribution in [-0.4, -0.2) is 54.5 Å². The van der Waals surface area contributed by atoms with Gasteiger partial charge in [-0.2, -0.15) is 0 Å². The lowest BCUT2D eigenvalue weighted by atomic mass is 9.85. The molecule has 0 atom stereocenters. The van der Waals surface area contributed by atoms with E-state index in [1.54, 1.807) is 0 Å². The average Bonchev–Trinajstić information content (AvgIpc) is 2.98. The van der Waals surface area contributed by atoms with Gasteiger partial charge in [0.05, 0.1) is 0 Å². The van der Waals surface area contributed by atoms with Crippen molar-refractivity contribution < 1.29 is 9.59 Å². The molecule has 0 bridgehead atoms. The van der Waals surface area contributed by atoms with E-state index in [-0.39, 0.29) is 17.4 Å². The van der Waals surface area contributed by atoms with Gasteiger partial charge in [0.15, 0.2) is 0 Å². The third-order valence-corrected chi connectivity index (χ3v) is 6.17. The van der Waals surface area contributed by atoms with E-state index < -0.39 is 0 Å². The van der Waals surface area contributed by atoms with Crippen molar-refractivity contribution in [2.45, 2.75) is 32.6 Å². The summed E-state index contributed by atoms with van der Waals surface area (Å²) in [5.74, 6) is 0.0392. The van der Waals surface area contributed by atoms with Crippen molar-refractivity contribution >= 4 is 27.9 Å². The maximum atomic E-state index is 12.8. The molecule has 5 nitrogen and oxygen atoms in total. The molecule has 1 aliphatic heterocycles. The molecule has 6 heteroatoms. The van der Waals surface area contributed by atoms with E-state index >= 15 is 0 Å². The Bertz CT molecular complexity index is 896. The molecule has 3 rings (SSSR count). The van der Waals surface area contributed by atoms with Crippen LogP contribution in [-0.2, 0) is 5.41 Å². The van der Waals surface area contributed by atoms with Crippen LogP contribution in [0.3, 0.4) is 0 Å². The number of halogens is 1. The molecule has 0 radical (unpaired) electrons. The van der Waals surface area contributed by atoms with Gasteiger partial charge < -0.3 is 15.1 Å². The molecule has 0 unspecified atom stereocenters. The molecule has 0 spiro atoms. The molecular weight excluding hydrogens is 442 g/mol. The van der Waals surface area contributed by atoms with Crippen molar-refractivity contribution in [1.29, 1.82) is 0 Å². The molecule has 1 heterocycles. The van der Waals surface area contributed by atoms with E-state index in [1.807, 2.05) is 53.1 Å². The number of carbonyl (C=O) groups is 2. The number of nitrogens with zero attached hydrogens (tertiary/aromatic N) is 2. The Labute approximate surface area is 187 Å². The highest BCUT2D eigenvalue weighted by atomic mass is 79.9. The fourth-order valence-corrected chi connectivity index (χ4v) is 3.96. The largest absolute Gasteiger partial charge is 0.337 e. The molecule has 160 valence electrons. The molecule has 1 fully saturated rings. The van der Waals surface area contributed by atoms with Gasteiger partial charge in [-0.25, -0.2) is 4.79 Å². The molecule has 0 aromatic heterocycles. The summed E-state index contributed by atoms with van der Waals surface area (Å²) in [6.45, 7) is 9.21. The van der Waals surface area contributed by atoms with Crippen molar-refractivity contribution in [1.82, 2.24) is 15.1 Å². The van der Waals surface area contributed by atoms with Gasteiger partial charge in [-0.1, -0.05) is 59.6 Å². The first-order chi connectivity index (χ1) is 14.3. The summed E-state index contributed by atoms with van der Waals surface area (Å²) in [5, 5.41) is 3.09. The van der Waals surface area contributed by atoms with Crippen LogP contribution in [0.15, 0.2) is 53.0 Å². The second-order valence-electron chi connectivity index (χ2n) is 8.55. The number of amides is 3. The molecule has 0 aliphatic carbocycles. The number of benzene rings is 2. The zero-order valence-electron chi connectivity index (χ0n) is 18.0. The highest BCUT2D eigenvalue weighted by Crippen LogP contribution is 2.24. The van der Waals surface area contributed by atoms with Crippen LogP contribution in [0.1, 0.15) is 41.8 Å². The topological polar surface area (TPSA) is 52.7 Å². The predicted octanol–water partition coefficient (Wildman–Crippen LogP) is 4.59. The Morgan fingerprint density at radius 3 is 2.37 bits per heavy atom. The highest BCUT2D eigenvalue weighted by molar-refractivity contribution is 9.10. The normalized spacial score (nSPS) is 14.9. The zero-order valence-corrected chi connectivity index (χ0v) is 19.5. The summed E-state index contributed by atoms with van der Waals surface area (Å²) in [6.07, 6.45) is 0.779. The van der Waals surface area contributed by atoms with Gasteiger partial charge in [-0.3, -0.25) is 4.79 Å². The summed E-state index contributed by atoms with van der Waals surface area (Å²) in [4.78, 5) is 29.3. The van der Waals surface area contributed by atoms with Gasteiger partial charge in [0.25, 0.3) is 5.91 Å². The van der Waals surface area contributed by atoms with Gasteiger partial charge in [0, 0.05) is 48.2 Å². The number of nitrogens with one attached hydrogen (secondary N) is 1. The number of urea groups is 1. The molecule has 1 saturated heterocycles. The van der Waals surface area contributed by atoms with Gasteiger partial charge in [-0.15, -0.1) is 0 Å². The van der Waals surface area contributed by atoms with E-state index in [9.17, 15) is 9.59 Å².